The fraction of sp³-hybridized carbons (Fsp3) is 0.318. The first kappa shape index (κ1) is 31.9. The van der Waals surface area contributed by atoms with Crippen molar-refractivity contribution in [2.45, 2.75) is 36.1 Å². The van der Waals surface area contributed by atoms with Crippen molar-refractivity contribution in [1.82, 2.24) is 26.1 Å². The van der Waals surface area contributed by atoms with Crippen molar-refractivity contribution in [2.24, 2.45) is 5.16 Å². The largest absolute Gasteiger partial charge is 1.00 e. The zero-order valence-electron chi connectivity index (χ0n) is 21.7. The number of benzene rings is 1. The molecule has 4 amide bonds. The Balaban J connectivity index is 0.00000462. The number of nitrogens with one attached hydrogen (secondary N) is 3. The number of amides is 4. The number of fused-ring (bicyclic) bond motifs is 1. The van der Waals surface area contributed by atoms with E-state index in [2.05, 4.69) is 20.9 Å². The molecule has 2 saturated heterocycles. The summed E-state index contributed by atoms with van der Waals surface area (Å²) in [5.41, 5.74) is 9.30. The summed E-state index contributed by atoms with van der Waals surface area (Å²) in [6, 6.07) is 1.05. The summed E-state index contributed by atoms with van der Waals surface area (Å²) in [6.07, 6.45) is 0. The number of oxime groups is 1. The van der Waals surface area contributed by atoms with Crippen molar-refractivity contribution >= 4 is 63.5 Å². The van der Waals surface area contributed by atoms with Crippen LogP contribution in [0.15, 0.2) is 28.7 Å². The maximum atomic E-state index is 13.1. The van der Waals surface area contributed by atoms with E-state index in [1.807, 2.05) is 5.43 Å². The predicted molar refractivity (Wildman–Crippen MR) is 137 cm³/mol. The molecule has 1 aromatic heterocycles. The van der Waals surface area contributed by atoms with Gasteiger partial charge in [0.25, 0.3) is 17.7 Å². The number of hydrogen-bond donors (Lipinski definition) is 6. The second kappa shape index (κ2) is 12.5. The molecule has 0 saturated carbocycles. The van der Waals surface area contributed by atoms with E-state index in [4.69, 9.17) is 10.6 Å². The van der Waals surface area contributed by atoms with Gasteiger partial charge in [-0.1, -0.05) is 5.16 Å². The molecule has 19 heteroatoms. The Morgan fingerprint density at radius 2 is 1.93 bits per heavy atom. The van der Waals surface area contributed by atoms with Crippen LogP contribution in [0.3, 0.4) is 0 Å². The quantitative estimate of drug-likeness (QED) is 0.0536. The fourth-order valence-corrected chi connectivity index (χ4v) is 6.16. The van der Waals surface area contributed by atoms with E-state index in [1.165, 1.54) is 23.2 Å². The van der Waals surface area contributed by atoms with Gasteiger partial charge in [0, 0.05) is 15.7 Å². The second-order valence-corrected chi connectivity index (χ2v) is 11.7. The SMILES string of the molecule is CC1(C)S[C@@H]2C(NC(=O)/C(=N\OCC(=O)NNC(=O)c3ccc(O)c(O)c3)c3csc(N)n3)C(=O)N2[C@H]1C(=O)[O-].[Na+]. The first-order valence-corrected chi connectivity index (χ1v) is 13.1. The Morgan fingerprint density at radius 1 is 1.22 bits per heavy atom. The average molecular weight is 616 g/mol. The minimum absolute atomic E-state index is 0. The smallest absolute Gasteiger partial charge is 0.548 e. The fourth-order valence-electron chi connectivity index (χ4n) is 3.99. The molecule has 3 atom stereocenters. The number of aliphatic carboxylic acids is 1. The van der Waals surface area contributed by atoms with Crippen molar-refractivity contribution in [2.75, 3.05) is 12.3 Å². The van der Waals surface area contributed by atoms with Crippen molar-refractivity contribution in [3.8, 4) is 11.5 Å². The van der Waals surface area contributed by atoms with Gasteiger partial charge in [-0.15, -0.1) is 23.1 Å². The molecule has 0 radical (unpaired) electrons. The average Bonchev–Trinajstić information content (AvgIpc) is 3.43. The first-order valence-electron chi connectivity index (χ1n) is 11.3. The van der Waals surface area contributed by atoms with Gasteiger partial charge in [0.15, 0.2) is 28.9 Å². The van der Waals surface area contributed by atoms with Gasteiger partial charge in [0.2, 0.25) is 5.91 Å². The summed E-state index contributed by atoms with van der Waals surface area (Å²) in [7, 11) is 0. The molecule has 0 aliphatic carbocycles. The van der Waals surface area contributed by atoms with Crippen molar-refractivity contribution < 1.29 is 73.7 Å². The molecule has 2 aliphatic rings. The third-order valence-electron chi connectivity index (χ3n) is 5.84. The van der Waals surface area contributed by atoms with Gasteiger partial charge in [-0.05, 0) is 32.0 Å². The number of aromatic hydroxyl groups is 2. The molecule has 212 valence electrons. The van der Waals surface area contributed by atoms with Gasteiger partial charge in [0.05, 0.1) is 12.0 Å². The molecule has 1 unspecified atom stereocenters. The van der Waals surface area contributed by atoms with Crippen LogP contribution in [-0.2, 0) is 24.0 Å². The van der Waals surface area contributed by atoms with Crippen LogP contribution in [0.4, 0.5) is 5.13 Å². The number of aromatic nitrogens is 1. The van der Waals surface area contributed by atoms with Gasteiger partial charge in [-0.2, -0.15) is 0 Å². The number of phenols is 2. The number of phenolic OH excluding ortho intramolecular Hbond substituents is 2. The molecule has 2 aliphatic heterocycles. The maximum Gasteiger partial charge on any atom is 1.00 e. The van der Waals surface area contributed by atoms with E-state index < -0.39 is 75.6 Å². The molecule has 16 nitrogen and oxygen atoms in total. The van der Waals surface area contributed by atoms with Crippen molar-refractivity contribution in [1.29, 1.82) is 0 Å². The number of anilines is 1. The third kappa shape index (κ3) is 6.67. The first-order chi connectivity index (χ1) is 18.8. The van der Waals surface area contributed by atoms with Crippen LogP contribution in [-0.4, -0.2) is 84.2 Å². The van der Waals surface area contributed by atoms with Crippen LogP contribution in [0.1, 0.15) is 29.9 Å². The molecule has 7 N–H and O–H groups in total. The number of thiazole rings is 1. The summed E-state index contributed by atoms with van der Waals surface area (Å²) < 4.78 is -0.854. The summed E-state index contributed by atoms with van der Waals surface area (Å²) in [5.74, 6) is -5.54. The minimum Gasteiger partial charge on any atom is -0.548 e. The number of hydrogen-bond acceptors (Lipinski definition) is 14. The number of carboxylic acids is 1. The maximum absolute atomic E-state index is 13.1. The summed E-state index contributed by atoms with van der Waals surface area (Å²) >= 11 is 2.20. The Labute approximate surface area is 261 Å². The number of hydrazine groups is 1. The summed E-state index contributed by atoms with van der Waals surface area (Å²) in [4.78, 5) is 71.6. The predicted octanol–water partition coefficient (Wildman–Crippen LogP) is -5.38. The topological polar surface area (TPSA) is 249 Å². The Kier molecular flexibility index (Phi) is 9.75. The van der Waals surface area contributed by atoms with Crippen LogP contribution >= 0.6 is 23.1 Å². The molecule has 0 bridgehead atoms. The van der Waals surface area contributed by atoms with E-state index in [9.17, 15) is 39.3 Å². The monoisotopic (exact) mass is 615 g/mol. The van der Waals surface area contributed by atoms with E-state index in [0.29, 0.717) is 0 Å². The summed E-state index contributed by atoms with van der Waals surface area (Å²) in [5, 5.41) is 37.4. The normalized spacial score (nSPS) is 20.6. The third-order valence-corrected chi connectivity index (χ3v) is 8.08. The number of carboxylic acid groups (broad SMARTS) is 1. The Hall–Kier alpha value is -3.58. The Morgan fingerprint density at radius 3 is 2.54 bits per heavy atom. The van der Waals surface area contributed by atoms with Gasteiger partial charge in [-0.3, -0.25) is 30.0 Å². The summed E-state index contributed by atoms with van der Waals surface area (Å²) in [6.45, 7) is 2.56. The van der Waals surface area contributed by atoms with Crippen molar-refractivity contribution in [3.05, 3.63) is 34.8 Å². The molecule has 3 heterocycles. The van der Waals surface area contributed by atoms with Gasteiger partial charge < -0.3 is 40.9 Å². The second-order valence-electron chi connectivity index (χ2n) is 9.02. The van der Waals surface area contributed by atoms with E-state index >= 15 is 0 Å². The number of carbonyl (C=O) groups excluding carboxylic acids is 5. The standard InChI is InChI=1S/C22H23N7O9S2.Na/c1-22(2)15(20(36)37)29-18(35)14(19(29)40-22)25-17(34)13(9-7-39-21(23)24-9)28-38-6-12(32)26-27-16(33)8-3-4-10(30)11(31)5-8;/h3-5,7,14-15,19,30-31H,6H2,1-2H3,(H2,23,24)(H,25,34)(H,26,32)(H,27,33)(H,36,37);/q;+1/p-1/b28-13-;/t14?,15-,19+;/m0./s1. The zero-order valence-corrected chi connectivity index (χ0v) is 25.4. The number of nitrogens with zero attached hydrogens (tertiary/aromatic N) is 3. The zero-order chi connectivity index (χ0) is 29.4. The molecule has 4 rings (SSSR count). The van der Waals surface area contributed by atoms with E-state index in [0.717, 1.165) is 28.4 Å². The van der Waals surface area contributed by atoms with Crippen LogP contribution in [0.2, 0.25) is 0 Å². The van der Waals surface area contributed by atoms with Crippen LogP contribution in [0, 0.1) is 0 Å². The molecule has 1 aromatic carbocycles. The van der Waals surface area contributed by atoms with Crippen LogP contribution < -0.4 is 56.6 Å². The number of carbonyl (C=O) groups is 5. The Bertz CT molecular complexity index is 1430. The van der Waals surface area contributed by atoms with Gasteiger partial charge in [0.1, 0.15) is 17.1 Å². The number of rotatable bonds is 8. The molecule has 41 heavy (non-hydrogen) atoms. The molecule has 2 aromatic rings. The number of nitrogen functional groups attached to an aromatic ring is 1. The number of thioether (sulfide) groups is 1. The molecule has 0 spiro atoms. The van der Waals surface area contributed by atoms with E-state index in [-0.39, 0.29) is 45.9 Å². The van der Waals surface area contributed by atoms with Gasteiger partial charge in [-0.25, -0.2) is 4.98 Å². The minimum atomic E-state index is -1.40. The molecular weight excluding hydrogens is 593 g/mol. The van der Waals surface area contributed by atoms with Crippen LogP contribution in [0.5, 0.6) is 11.5 Å². The van der Waals surface area contributed by atoms with Crippen LogP contribution in [0.25, 0.3) is 0 Å². The molecule has 2 fully saturated rings. The molecular formula is C22H22N7NaO9S2. The number of β-lactam (4-membered cyclic amide) rings is 1. The van der Waals surface area contributed by atoms with Crippen molar-refractivity contribution in [3.63, 3.8) is 0 Å². The van der Waals surface area contributed by atoms with Gasteiger partial charge >= 0.3 is 29.6 Å². The number of nitrogens with two attached hydrogens (primary N) is 1. The van der Waals surface area contributed by atoms with E-state index in [1.54, 1.807) is 13.8 Å².